The molecule has 0 amide bonds. The molecule has 14 heavy (non-hydrogen) atoms. The van der Waals surface area contributed by atoms with Gasteiger partial charge in [0.05, 0.1) is 0 Å². The molecule has 0 radical (unpaired) electrons. The van der Waals surface area contributed by atoms with Crippen molar-refractivity contribution in [2.75, 3.05) is 0 Å². The highest BCUT2D eigenvalue weighted by atomic mass is 14.9. The van der Waals surface area contributed by atoms with Gasteiger partial charge < -0.3 is 4.57 Å². The van der Waals surface area contributed by atoms with Crippen LogP contribution in [0.4, 0.5) is 0 Å². The molecule has 2 aromatic rings. The molecule has 0 atom stereocenters. The number of benzene rings is 1. The summed E-state index contributed by atoms with van der Waals surface area (Å²) in [6.07, 6.45) is 6.04. The summed E-state index contributed by atoms with van der Waals surface area (Å²) in [5.41, 5.74) is 2.51. The predicted molar refractivity (Wildman–Crippen MR) is 60.1 cm³/mol. The Morgan fingerprint density at radius 2 is 1.79 bits per heavy atom. The zero-order chi connectivity index (χ0) is 9.80. The summed E-state index contributed by atoms with van der Waals surface area (Å²) in [5, 5.41) is 0. The second-order valence-corrected chi connectivity index (χ2v) is 3.26. The molecule has 0 fully saturated rings. The molecule has 0 saturated carbocycles. The predicted octanol–water partition coefficient (Wildman–Crippen LogP) is 3.18. The highest BCUT2D eigenvalue weighted by molar-refractivity contribution is 5.51. The van der Waals surface area contributed by atoms with Crippen molar-refractivity contribution in [1.29, 1.82) is 0 Å². The molecular formula is C13H13N. The molecule has 0 aliphatic heterocycles. The first-order valence-corrected chi connectivity index (χ1v) is 4.71. The summed E-state index contributed by atoms with van der Waals surface area (Å²) in [5.74, 6) is 0. The number of nitrogens with zero attached hydrogens (tertiary/aromatic N) is 1. The lowest BCUT2D eigenvalue weighted by Crippen LogP contribution is -1.97. The van der Waals surface area contributed by atoms with E-state index in [0.29, 0.717) is 0 Å². The number of hydrogen-bond acceptors (Lipinski definition) is 0. The van der Waals surface area contributed by atoms with Crippen molar-refractivity contribution in [1.82, 2.24) is 4.57 Å². The number of rotatable bonds is 3. The molecule has 1 heteroatoms. The standard InChI is InChI=1S/C13H13N/c1-2-12-7-3-4-8-13(12)11-14-9-5-6-10-14/h2-10H,1,11H2. The molecule has 1 aromatic carbocycles. The van der Waals surface area contributed by atoms with Crippen molar-refractivity contribution in [3.63, 3.8) is 0 Å². The summed E-state index contributed by atoms with van der Waals surface area (Å²) in [4.78, 5) is 0. The van der Waals surface area contributed by atoms with Crippen LogP contribution in [0.25, 0.3) is 6.08 Å². The molecule has 0 saturated heterocycles. The van der Waals surface area contributed by atoms with Crippen LogP contribution in [0.1, 0.15) is 11.1 Å². The number of hydrogen-bond donors (Lipinski definition) is 0. The van der Waals surface area contributed by atoms with E-state index in [4.69, 9.17) is 0 Å². The van der Waals surface area contributed by atoms with Gasteiger partial charge in [-0.25, -0.2) is 0 Å². The van der Waals surface area contributed by atoms with Gasteiger partial charge in [0, 0.05) is 18.9 Å². The fourth-order valence-electron chi connectivity index (χ4n) is 1.55. The van der Waals surface area contributed by atoms with E-state index in [0.717, 1.165) is 6.54 Å². The van der Waals surface area contributed by atoms with Crippen LogP contribution in [0.5, 0.6) is 0 Å². The monoisotopic (exact) mass is 183 g/mol. The van der Waals surface area contributed by atoms with Crippen molar-refractivity contribution in [2.24, 2.45) is 0 Å². The third kappa shape index (κ3) is 1.77. The van der Waals surface area contributed by atoms with Gasteiger partial charge in [0.25, 0.3) is 0 Å². The molecule has 1 aromatic heterocycles. The first kappa shape index (κ1) is 8.82. The second kappa shape index (κ2) is 3.97. The SMILES string of the molecule is C=Cc1ccccc1Cn1cccc1. The summed E-state index contributed by atoms with van der Waals surface area (Å²) in [7, 11) is 0. The third-order valence-electron chi connectivity index (χ3n) is 2.29. The zero-order valence-electron chi connectivity index (χ0n) is 8.06. The highest BCUT2D eigenvalue weighted by Gasteiger charge is 1.97. The van der Waals surface area contributed by atoms with Crippen LogP contribution in [-0.4, -0.2) is 4.57 Å². The van der Waals surface area contributed by atoms with E-state index < -0.39 is 0 Å². The molecule has 1 nitrogen and oxygen atoms in total. The van der Waals surface area contributed by atoms with E-state index >= 15 is 0 Å². The topological polar surface area (TPSA) is 4.93 Å². The molecule has 2 rings (SSSR count). The first-order valence-electron chi connectivity index (χ1n) is 4.71. The Morgan fingerprint density at radius 3 is 2.50 bits per heavy atom. The van der Waals surface area contributed by atoms with Crippen LogP contribution >= 0.6 is 0 Å². The fourth-order valence-corrected chi connectivity index (χ4v) is 1.55. The minimum atomic E-state index is 0.912. The van der Waals surface area contributed by atoms with Crippen LogP contribution in [0.3, 0.4) is 0 Å². The molecule has 0 bridgehead atoms. The fraction of sp³-hybridized carbons (Fsp3) is 0.0769. The van der Waals surface area contributed by atoms with Crippen molar-refractivity contribution >= 4 is 6.08 Å². The van der Waals surface area contributed by atoms with Crippen LogP contribution in [-0.2, 0) is 6.54 Å². The van der Waals surface area contributed by atoms with Crippen molar-refractivity contribution in [2.45, 2.75) is 6.54 Å². The van der Waals surface area contributed by atoms with Crippen molar-refractivity contribution < 1.29 is 0 Å². The molecular weight excluding hydrogens is 170 g/mol. The quantitative estimate of drug-likeness (QED) is 0.688. The Bertz CT molecular complexity index is 413. The maximum Gasteiger partial charge on any atom is 0.0476 e. The van der Waals surface area contributed by atoms with E-state index in [2.05, 4.69) is 41.7 Å². The highest BCUT2D eigenvalue weighted by Crippen LogP contribution is 2.11. The largest absolute Gasteiger partial charge is 0.350 e. The van der Waals surface area contributed by atoms with Gasteiger partial charge in [0.15, 0.2) is 0 Å². The van der Waals surface area contributed by atoms with Crippen molar-refractivity contribution in [3.8, 4) is 0 Å². The molecule has 1 heterocycles. The third-order valence-corrected chi connectivity index (χ3v) is 2.29. The minimum absolute atomic E-state index is 0.912. The summed E-state index contributed by atoms with van der Waals surface area (Å²) < 4.78 is 2.16. The van der Waals surface area contributed by atoms with E-state index in [-0.39, 0.29) is 0 Å². The van der Waals surface area contributed by atoms with Crippen LogP contribution in [0.15, 0.2) is 55.4 Å². The number of aromatic nitrogens is 1. The van der Waals surface area contributed by atoms with Gasteiger partial charge in [-0.2, -0.15) is 0 Å². The van der Waals surface area contributed by atoms with Gasteiger partial charge in [0.1, 0.15) is 0 Å². The zero-order valence-corrected chi connectivity index (χ0v) is 8.06. The lowest BCUT2D eigenvalue weighted by atomic mass is 10.1. The summed E-state index contributed by atoms with van der Waals surface area (Å²) >= 11 is 0. The molecule has 70 valence electrons. The Hall–Kier alpha value is -1.76. The van der Waals surface area contributed by atoms with Gasteiger partial charge in [-0.15, -0.1) is 0 Å². The average molecular weight is 183 g/mol. The maximum absolute atomic E-state index is 3.81. The van der Waals surface area contributed by atoms with Crippen LogP contribution in [0.2, 0.25) is 0 Å². The molecule has 0 spiro atoms. The minimum Gasteiger partial charge on any atom is -0.350 e. The Balaban J connectivity index is 2.28. The molecule has 0 aliphatic rings. The van der Waals surface area contributed by atoms with E-state index in [1.54, 1.807) is 0 Å². The lowest BCUT2D eigenvalue weighted by molar-refractivity contribution is 0.805. The Labute approximate surface area is 84.3 Å². The van der Waals surface area contributed by atoms with Gasteiger partial charge in [-0.3, -0.25) is 0 Å². The Morgan fingerprint density at radius 1 is 1.07 bits per heavy atom. The maximum atomic E-state index is 3.81. The smallest absolute Gasteiger partial charge is 0.0476 e. The lowest BCUT2D eigenvalue weighted by Gasteiger charge is -2.06. The van der Waals surface area contributed by atoms with Gasteiger partial charge in [-0.1, -0.05) is 36.9 Å². The Kier molecular flexibility index (Phi) is 2.50. The second-order valence-electron chi connectivity index (χ2n) is 3.26. The first-order chi connectivity index (χ1) is 6.90. The molecule has 0 N–H and O–H groups in total. The van der Waals surface area contributed by atoms with Gasteiger partial charge in [-0.05, 0) is 23.3 Å². The molecule has 0 aliphatic carbocycles. The van der Waals surface area contributed by atoms with Crippen LogP contribution in [0, 0.1) is 0 Å². The van der Waals surface area contributed by atoms with Gasteiger partial charge in [0.2, 0.25) is 0 Å². The van der Waals surface area contributed by atoms with Crippen LogP contribution < -0.4 is 0 Å². The van der Waals surface area contributed by atoms with E-state index in [1.165, 1.54) is 11.1 Å². The molecule has 0 unspecified atom stereocenters. The van der Waals surface area contributed by atoms with Crippen molar-refractivity contribution in [3.05, 3.63) is 66.5 Å². The normalized spacial score (nSPS) is 10.0. The summed E-state index contributed by atoms with van der Waals surface area (Å²) in [6, 6.07) is 12.4. The summed E-state index contributed by atoms with van der Waals surface area (Å²) in [6.45, 7) is 4.72. The average Bonchev–Trinajstić information content (AvgIpc) is 2.71. The van der Waals surface area contributed by atoms with E-state index in [9.17, 15) is 0 Å². The van der Waals surface area contributed by atoms with Gasteiger partial charge >= 0.3 is 0 Å². The van der Waals surface area contributed by atoms with E-state index in [1.807, 2.05) is 24.3 Å².